The largest absolute Gasteiger partial charge is 0.484 e. The molecule has 0 saturated carbocycles. The normalized spacial score (nSPS) is 16.7. The molecule has 4 nitrogen and oxygen atoms in total. The minimum Gasteiger partial charge on any atom is -0.484 e. The minimum absolute atomic E-state index is 0. The zero-order chi connectivity index (χ0) is 14.4. The molecule has 1 aromatic rings. The van der Waals surface area contributed by atoms with Gasteiger partial charge in [-0.15, -0.1) is 12.4 Å². The van der Waals surface area contributed by atoms with Gasteiger partial charge in [0.2, 0.25) is 0 Å². The second-order valence-corrected chi connectivity index (χ2v) is 6.83. The molecular formula is C15H22ClIN2O2. The quantitative estimate of drug-likeness (QED) is 0.715. The summed E-state index contributed by atoms with van der Waals surface area (Å²) in [7, 11) is 0. The molecular weight excluding hydrogens is 403 g/mol. The highest BCUT2D eigenvalue weighted by atomic mass is 127. The number of carbonyl (C=O) groups is 1. The lowest BCUT2D eigenvalue weighted by molar-refractivity contribution is -0.123. The second-order valence-electron chi connectivity index (χ2n) is 5.58. The monoisotopic (exact) mass is 424 g/mol. The lowest BCUT2D eigenvalue weighted by Crippen LogP contribution is -2.43. The maximum absolute atomic E-state index is 11.8. The summed E-state index contributed by atoms with van der Waals surface area (Å²) in [5.41, 5.74) is 0.212. The molecule has 0 unspecified atom stereocenters. The molecule has 1 fully saturated rings. The van der Waals surface area contributed by atoms with Crippen LogP contribution in [0.15, 0.2) is 24.3 Å². The van der Waals surface area contributed by atoms with Crippen molar-refractivity contribution < 1.29 is 9.53 Å². The predicted octanol–water partition coefficient (Wildman–Crippen LogP) is 2.60. The summed E-state index contributed by atoms with van der Waals surface area (Å²) < 4.78 is 6.62. The second kappa shape index (κ2) is 8.80. The van der Waals surface area contributed by atoms with Crippen molar-refractivity contribution in [3.05, 3.63) is 27.8 Å². The number of amides is 1. The summed E-state index contributed by atoms with van der Waals surface area (Å²) in [5, 5.41) is 6.32. The maximum Gasteiger partial charge on any atom is 0.257 e. The van der Waals surface area contributed by atoms with Crippen LogP contribution in [0.1, 0.15) is 19.8 Å². The minimum atomic E-state index is -0.0525. The van der Waals surface area contributed by atoms with E-state index in [1.54, 1.807) is 0 Å². The van der Waals surface area contributed by atoms with Gasteiger partial charge in [0.05, 0.1) is 0 Å². The fraction of sp³-hybridized carbons (Fsp3) is 0.533. The Morgan fingerprint density at radius 1 is 1.33 bits per heavy atom. The lowest BCUT2D eigenvalue weighted by Gasteiger charge is -2.34. The first kappa shape index (κ1) is 18.5. The Balaban J connectivity index is 0.00000220. The summed E-state index contributed by atoms with van der Waals surface area (Å²) in [6.45, 7) is 5.10. The molecule has 21 heavy (non-hydrogen) atoms. The van der Waals surface area contributed by atoms with Gasteiger partial charge in [-0.25, -0.2) is 0 Å². The van der Waals surface area contributed by atoms with Gasteiger partial charge in [0, 0.05) is 10.1 Å². The van der Waals surface area contributed by atoms with Crippen LogP contribution in [0, 0.1) is 8.99 Å². The zero-order valence-electron chi connectivity index (χ0n) is 12.2. The zero-order valence-corrected chi connectivity index (χ0v) is 15.1. The van der Waals surface area contributed by atoms with Crippen LogP contribution in [-0.4, -0.2) is 32.1 Å². The van der Waals surface area contributed by atoms with Crippen molar-refractivity contribution in [1.82, 2.24) is 10.6 Å². The van der Waals surface area contributed by atoms with E-state index in [2.05, 4.69) is 40.1 Å². The SMILES string of the molecule is CC1(CNC(=O)COc2ccc(I)cc2)CCNCC1.Cl. The summed E-state index contributed by atoms with van der Waals surface area (Å²) in [6, 6.07) is 7.68. The number of hydrogen-bond donors (Lipinski definition) is 2. The molecule has 0 radical (unpaired) electrons. The topological polar surface area (TPSA) is 50.4 Å². The number of nitrogens with one attached hydrogen (secondary N) is 2. The number of benzene rings is 1. The summed E-state index contributed by atoms with van der Waals surface area (Å²) in [4.78, 5) is 11.8. The van der Waals surface area contributed by atoms with Crippen LogP contribution < -0.4 is 15.4 Å². The van der Waals surface area contributed by atoms with Gasteiger partial charge in [-0.3, -0.25) is 4.79 Å². The van der Waals surface area contributed by atoms with Gasteiger partial charge in [0.25, 0.3) is 5.91 Å². The smallest absolute Gasteiger partial charge is 0.257 e. The van der Waals surface area contributed by atoms with E-state index in [0.29, 0.717) is 0 Å². The molecule has 0 spiro atoms. The molecule has 0 bridgehead atoms. The van der Waals surface area contributed by atoms with Crippen molar-refractivity contribution in [2.75, 3.05) is 26.2 Å². The van der Waals surface area contributed by atoms with Crippen LogP contribution >= 0.6 is 35.0 Å². The highest BCUT2D eigenvalue weighted by Gasteiger charge is 2.26. The average molecular weight is 425 g/mol. The number of piperidine rings is 1. The number of carbonyl (C=O) groups excluding carboxylic acids is 1. The molecule has 0 atom stereocenters. The highest BCUT2D eigenvalue weighted by Crippen LogP contribution is 2.26. The number of halogens is 2. The van der Waals surface area contributed by atoms with Crippen LogP contribution in [0.5, 0.6) is 5.75 Å². The molecule has 6 heteroatoms. The highest BCUT2D eigenvalue weighted by molar-refractivity contribution is 14.1. The fourth-order valence-electron chi connectivity index (χ4n) is 2.25. The molecule has 1 aliphatic rings. The maximum atomic E-state index is 11.8. The van der Waals surface area contributed by atoms with Crippen molar-refractivity contribution >= 4 is 40.9 Å². The third-order valence-corrected chi connectivity index (χ3v) is 4.43. The van der Waals surface area contributed by atoms with E-state index in [9.17, 15) is 4.79 Å². The third-order valence-electron chi connectivity index (χ3n) is 3.71. The fourth-order valence-corrected chi connectivity index (χ4v) is 2.61. The molecule has 1 aromatic carbocycles. The van der Waals surface area contributed by atoms with E-state index in [1.807, 2.05) is 24.3 Å². The van der Waals surface area contributed by atoms with E-state index in [0.717, 1.165) is 41.8 Å². The van der Waals surface area contributed by atoms with Gasteiger partial charge in [-0.2, -0.15) is 0 Å². The Kier molecular flexibility index (Phi) is 7.76. The van der Waals surface area contributed by atoms with E-state index in [4.69, 9.17) is 4.74 Å². The average Bonchev–Trinajstić information content (AvgIpc) is 2.45. The van der Waals surface area contributed by atoms with Gasteiger partial charge >= 0.3 is 0 Å². The van der Waals surface area contributed by atoms with Crippen LogP contribution in [0.2, 0.25) is 0 Å². The summed E-state index contributed by atoms with van der Waals surface area (Å²) >= 11 is 2.24. The summed E-state index contributed by atoms with van der Waals surface area (Å²) in [6.07, 6.45) is 2.20. The van der Waals surface area contributed by atoms with Crippen molar-refractivity contribution in [3.63, 3.8) is 0 Å². The first-order valence-corrected chi connectivity index (χ1v) is 8.01. The van der Waals surface area contributed by atoms with Gasteiger partial charge < -0.3 is 15.4 Å². The molecule has 1 heterocycles. The van der Waals surface area contributed by atoms with Crippen LogP contribution in [0.25, 0.3) is 0 Å². The van der Waals surface area contributed by atoms with Crippen LogP contribution in [0.4, 0.5) is 0 Å². The van der Waals surface area contributed by atoms with Crippen molar-refractivity contribution in [2.45, 2.75) is 19.8 Å². The van der Waals surface area contributed by atoms with Crippen molar-refractivity contribution in [2.24, 2.45) is 5.41 Å². The first-order valence-electron chi connectivity index (χ1n) is 6.93. The third kappa shape index (κ3) is 6.40. The standard InChI is InChI=1S/C15H21IN2O2.ClH/c1-15(6-8-17-9-7-15)11-18-14(19)10-20-13-4-2-12(16)3-5-13;/h2-5,17H,6-11H2,1H3,(H,18,19);1H. The Labute approximate surface area is 145 Å². The Morgan fingerprint density at radius 2 is 1.95 bits per heavy atom. The number of ether oxygens (including phenoxy) is 1. The van der Waals surface area contributed by atoms with Crippen LogP contribution in [-0.2, 0) is 4.79 Å². The first-order chi connectivity index (χ1) is 9.57. The van der Waals surface area contributed by atoms with E-state index < -0.39 is 0 Å². The molecule has 0 aromatic heterocycles. The molecule has 1 aliphatic heterocycles. The Hall–Kier alpha value is -0.530. The molecule has 1 amide bonds. The lowest BCUT2D eigenvalue weighted by atomic mass is 9.81. The molecule has 118 valence electrons. The molecule has 1 saturated heterocycles. The molecule has 0 aliphatic carbocycles. The van der Waals surface area contributed by atoms with Gasteiger partial charge in [0.1, 0.15) is 5.75 Å². The Morgan fingerprint density at radius 3 is 2.57 bits per heavy atom. The Bertz CT molecular complexity index is 447. The van der Waals surface area contributed by atoms with Gasteiger partial charge in [0.15, 0.2) is 6.61 Å². The van der Waals surface area contributed by atoms with E-state index in [1.165, 1.54) is 0 Å². The number of rotatable bonds is 5. The van der Waals surface area contributed by atoms with Crippen molar-refractivity contribution in [1.29, 1.82) is 0 Å². The van der Waals surface area contributed by atoms with E-state index >= 15 is 0 Å². The number of hydrogen-bond acceptors (Lipinski definition) is 3. The summed E-state index contributed by atoms with van der Waals surface area (Å²) in [5.74, 6) is 0.678. The van der Waals surface area contributed by atoms with Gasteiger partial charge in [-0.05, 0) is 78.2 Å². The van der Waals surface area contributed by atoms with Crippen molar-refractivity contribution in [3.8, 4) is 5.75 Å². The predicted molar refractivity (Wildman–Crippen MR) is 95.1 cm³/mol. The molecule has 2 rings (SSSR count). The molecule has 2 N–H and O–H groups in total. The van der Waals surface area contributed by atoms with E-state index in [-0.39, 0.29) is 30.3 Å². The van der Waals surface area contributed by atoms with Crippen LogP contribution in [0.3, 0.4) is 0 Å². The van der Waals surface area contributed by atoms with Gasteiger partial charge in [-0.1, -0.05) is 6.92 Å².